The van der Waals surface area contributed by atoms with Gasteiger partial charge in [-0.1, -0.05) is 72.3 Å². The summed E-state index contributed by atoms with van der Waals surface area (Å²) in [4.78, 5) is 26.2. The average molecular weight is 548 g/mol. The van der Waals surface area contributed by atoms with Crippen LogP contribution in [-0.2, 0) is 14.8 Å². The smallest absolute Gasteiger partial charge is 0.264 e. The molecule has 0 unspecified atom stereocenters. The maximum absolute atomic E-state index is 13.5. The van der Waals surface area contributed by atoms with E-state index in [0.717, 1.165) is 9.87 Å². The molecule has 4 aromatic carbocycles. The van der Waals surface area contributed by atoms with Crippen molar-refractivity contribution in [2.45, 2.75) is 17.9 Å². The summed E-state index contributed by atoms with van der Waals surface area (Å²) in [6, 6.07) is 29.9. The number of carbonyl (C=O) groups excluding carboxylic acids is 2. The fourth-order valence-corrected chi connectivity index (χ4v) is 5.40. The van der Waals surface area contributed by atoms with Crippen molar-refractivity contribution >= 4 is 44.8 Å². The molecule has 7 nitrogen and oxygen atoms in total. The average Bonchev–Trinajstić information content (AvgIpc) is 2.93. The lowest BCUT2D eigenvalue weighted by Crippen LogP contribution is -2.38. The number of rotatable bonds is 9. The molecule has 0 aliphatic carbocycles. The summed E-state index contributed by atoms with van der Waals surface area (Å²) in [5.74, 6) is -0.978. The third-order valence-corrected chi connectivity index (χ3v) is 7.87. The standard InChI is InChI=1S/C29H26ClN3O4S/c1-21(22-10-4-2-5-11-22)31-29(35)26-14-8-9-15-27(26)32-28(34)20-33(24-12-6-3-7-13-24)38(36,37)25-18-16-23(30)17-19-25/h2-19,21H,20H2,1H3,(H,31,35)(H,32,34)/t21-/m1/s1. The molecule has 4 aromatic rings. The molecule has 0 bridgehead atoms. The van der Waals surface area contributed by atoms with Gasteiger partial charge in [0.05, 0.1) is 27.9 Å². The Bertz CT molecular complexity index is 1510. The number of anilines is 2. The predicted molar refractivity (Wildman–Crippen MR) is 150 cm³/mol. The molecule has 0 heterocycles. The van der Waals surface area contributed by atoms with Gasteiger partial charge in [0.25, 0.3) is 15.9 Å². The van der Waals surface area contributed by atoms with Crippen LogP contribution in [0.4, 0.5) is 11.4 Å². The van der Waals surface area contributed by atoms with Crippen molar-refractivity contribution in [3.8, 4) is 0 Å². The van der Waals surface area contributed by atoms with Gasteiger partial charge in [-0.2, -0.15) is 0 Å². The van der Waals surface area contributed by atoms with Gasteiger partial charge in [-0.05, 0) is 61.0 Å². The van der Waals surface area contributed by atoms with Gasteiger partial charge < -0.3 is 10.6 Å². The number of hydrogen-bond donors (Lipinski definition) is 2. The molecule has 9 heteroatoms. The van der Waals surface area contributed by atoms with Crippen LogP contribution in [0.1, 0.15) is 28.9 Å². The van der Waals surface area contributed by atoms with Crippen LogP contribution in [-0.4, -0.2) is 26.8 Å². The van der Waals surface area contributed by atoms with Gasteiger partial charge in [-0.15, -0.1) is 0 Å². The van der Waals surface area contributed by atoms with E-state index in [4.69, 9.17) is 11.6 Å². The van der Waals surface area contributed by atoms with Crippen LogP contribution in [0.15, 0.2) is 114 Å². The van der Waals surface area contributed by atoms with E-state index in [2.05, 4.69) is 10.6 Å². The van der Waals surface area contributed by atoms with Gasteiger partial charge in [0, 0.05) is 5.02 Å². The molecule has 38 heavy (non-hydrogen) atoms. The van der Waals surface area contributed by atoms with Crippen molar-refractivity contribution < 1.29 is 18.0 Å². The monoisotopic (exact) mass is 547 g/mol. The van der Waals surface area contributed by atoms with Gasteiger partial charge in [0.15, 0.2) is 0 Å². The van der Waals surface area contributed by atoms with E-state index in [1.807, 2.05) is 37.3 Å². The second-order valence-corrected chi connectivity index (χ2v) is 10.8. The van der Waals surface area contributed by atoms with E-state index in [0.29, 0.717) is 10.7 Å². The van der Waals surface area contributed by atoms with Crippen LogP contribution in [0.2, 0.25) is 5.02 Å². The Morgan fingerprint density at radius 3 is 2.05 bits per heavy atom. The molecule has 2 N–H and O–H groups in total. The van der Waals surface area contributed by atoms with Gasteiger partial charge in [0.1, 0.15) is 6.54 Å². The first kappa shape index (κ1) is 26.9. The van der Waals surface area contributed by atoms with Crippen LogP contribution in [0.3, 0.4) is 0 Å². The predicted octanol–water partition coefficient (Wildman–Crippen LogP) is 5.67. The lowest BCUT2D eigenvalue weighted by atomic mass is 10.1. The Kier molecular flexibility index (Phi) is 8.45. The number of amides is 2. The molecule has 0 aliphatic heterocycles. The summed E-state index contributed by atoms with van der Waals surface area (Å²) < 4.78 is 28.0. The zero-order valence-corrected chi connectivity index (χ0v) is 22.1. The number of para-hydroxylation sites is 2. The largest absolute Gasteiger partial charge is 0.345 e. The molecule has 0 aliphatic rings. The number of carbonyl (C=O) groups is 2. The lowest BCUT2D eigenvalue weighted by Gasteiger charge is -2.24. The Morgan fingerprint density at radius 2 is 1.39 bits per heavy atom. The molecule has 0 saturated carbocycles. The van der Waals surface area contributed by atoms with Gasteiger partial charge >= 0.3 is 0 Å². The third kappa shape index (κ3) is 6.40. The first-order valence-electron chi connectivity index (χ1n) is 11.8. The first-order valence-corrected chi connectivity index (χ1v) is 13.7. The third-order valence-electron chi connectivity index (χ3n) is 5.83. The Morgan fingerprint density at radius 1 is 0.816 bits per heavy atom. The summed E-state index contributed by atoms with van der Waals surface area (Å²) in [5, 5.41) is 6.04. The van der Waals surface area contributed by atoms with Crippen molar-refractivity contribution in [1.29, 1.82) is 0 Å². The Labute approximate surface area is 227 Å². The summed E-state index contributed by atoms with van der Waals surface area (Å²) >= 11 is 5.93. The van der Waals surface area contributed by atoms with Crippen LogP contribution >= 0.6 is 11.6 Å². The highest BCUT2D eigenvalue weighted by molar-refractivity contribution is 7.92. The van der Waals surface area contributed by atoms with Crippen molar-refractivity contribution in [3.05, 3.63) is 125 Å². The van der Waals surface area contributed by atoms with E-state index in [-0.39, 0.29) is 28.1 Å². The Balaban J connectivity index is 1.56. The van der Waals surface area contributed by atoms with Crippen LogP contribution in [0, 0.1) is 0 Å². The molecule has 0 aromatic heterocycles. The van der Waals surface area contributed by atoms with E-state index in [1.165, 1.54) is 24.3 Å². The highest BCUT2D eigenvalue weighted by Gasteiger charge is 2.27. The molecular formula is C29H26ClN3O4S. The lowest BCUT2D eigenvalue weighted by molar-refractivity contribution is -0.114. The molecule has 1 atom stereocenters. The minimum atomic E-state index is -4.10. The summed E-state index contributed by atoms with van der Waals surface area (Å²) in [6.07, 6.45) is 0. The van der Waals surface area contributed by atoms with Gasteiger partial charge in [0.2, 0.25) is 5.91 Å². The number of nitrogens with zero attached hydrogens (tertiary/aromatic N) is 1. The van der Waals surface area contributed by atoms with Crippen LogP contribution in [0.25, 0.3) is 0 Å². The molecule has 2 amide bonds. The second kappa shape index (κ2) is 11.9. The maximum Gasteiger partial charge on any atom is 0.264 e. The first-order chi connectivity index (χ1) is 18.3. The quantitative estimate of drug-likeness (QED) is 0.282. The molecule has 194 valence electrons. The molecular weight excluding hydrogens is 522 g/mol. The zero-order valence-electron chi connectivity index (χ0n) is 20.5. The SMILES string of the molecule is C[C@@H](NC(=O)c1ccccc1NC(=O)CN(c1ccccc1)S(=O)(=O)c1ccc(Cl)cc1)c1ccccc1. The van der Waals surface area contributed by atoms with Crippen molar-refractivity contribution in [1.82, 2.24) is 5.32 Å². The van der Waals surface area contributed by atoms with E-state index in [1.54, 1.807) is 54.6 Å². The maximum atomic E-state index is 13.5. The zero-order chi connectivity index (χ0) is 27.1. The molecule has 0 spiro atoms. The van der Waals surface area contributed by atoms with Crippen molar-refractivity contribution in [3.63, 3.8) is 0 Å². The number of hydrogen-bond acceptors (Lipinski definition) is 4. The Hall–Kier alpha value is -4.14. The van der Waals surface area contributed by atoms with Crippen LogP contribution < -0.4 is 14.9 Å². The number of halogens is 1. The minimum absolute atomic E-state index is 0.00627. The van der Waals surface area contributed by atoms with Gasteiger partial charge in [-0.3, -0.25) is 13.9 Å². The van der Waals surface area contributed by atoms with E-state index >= 15 is 0 Å². The summed E-state index contributed by atoms with van der Waals surface area (Å²) in [7, 11) is -4.10. The minimum Gasteiger partial charge on any atom is -0.345 e. The topological polar surface area (TPSA) is 95.6 Å². The molecule has 0 fully saturated rings. The summed E-state index contributed by atoms with van der Waals surface area (Å²) in [5.41, 5.74) is 1.79. The van der Waals surface area contributed by atoms with Crippen LogP contribution in [0.5, 0.6) is 0 Å². The fourth-order valence-electron chi connectivity index (χ4n) is 3.85. The summed E-state index contributed by atoms with van der Waals surface area (Å²) in [6.45, 7) is 1.36. The van der Waals surface area contributed by atoms with E-state index < -0.39 is 22.5 Å². The fraction of sp³-hybridized carbons (Fsp3) is 0.103. The highest BCUT2D eigenvalue weighted by Crippen LogP contribution is 2.25. The number of benzene rings is 4. The number of sulfonamides is 1. The second-order valence-electron chi connectivity index (χ2n) is 8.50. The number of nitrogens with one attached hydrogen (secondary N) is 2. The van der Waals surface area contributed by atoms with E-state index in [9.17, 15) is 18.0 Å². The molecule has 4 rings (SSSR count). The van der Waals surface area contributed by atoms with Crippen molar-refractivity contribution in [2.24, 2.45) is 0 Å². The van der Waals surface area contributed by atoms with Crippen molar-refractivity contribution in [2.75, 3.05) is 16.2 Å². The van der Waals surface area contributed by atoms with Gasteiger partial charge in [-0.25, -0.2) is 8.42 Å². The molecule has 0 saturated heterocycles. The highest BCUT2D eigenvalue weighted by atomic mass is 35.5. The molecule has 0 radical (unpaired) electrons. The normalized spacial score (nSPS) is 11.8.